The lowest BCUT2D eigenvalue weighted by atomic mass is 9.47. The van der Waals surface area contributed by atoms with Crippen LogP contribution in [0.2, 0.25) is 0 Å². The van der Waals surface area contributed by atoms with E-state index >= 15 is 0 Å². The minimum absolute atomic E-state index is 0.0766. The first kappa shape index (κ1) is 27.4. The highest BCUT2D eigenvalue weighted by atomic mass is 31.2. The number of hydrogen-bond donors (Lipinski definition) is 4. The molecule has 4 aliphatic rings. The summed E-state index contributed by atoms with van der Waals surface area (Å²) in [6.45, 7) is 12.6. The minimum atomic E-state index is -4.64. The summed E-state index contributed by atoms with van der Waals surface area (Å²) in [4.78, 5) is 21.6. The van der Waals surface area contributed by atoms with Gasteiger partial charge in [-0.15, -0.1) is 0 Å². The molecule has 4 aliphatic carbocycles. The molecular weight excluding hydrogens is 435 g/mol. The van der Waals surface area contributed by atoms with Crippen LogP contribution >= 0.6 is 7.82 Å². The summed E-state index contributed by atoms with van der Waals surface area (Å²) >= 11 is 0. The second kappa shape index (κ2) is 10.4. The molecule has 0 amide bonds. The molecular formula is C27H49O5P. The van der Waals surface area contributed by atoms with E-state index in [9.17, 15) is 5.11 Å². The van der Waals surface area contributed by atoms with Crippen LogP contribution in [0, 0.1) is 46.3 Å². The van der Waals surface area contributed by atoms with Gasteiger partial charge in [-0.05, 0) is 97.7 Å². The molecule has 0 saturated heterocycles. The lowest BCUT2D eigenvalue weighted by Crippen LogP contribution is -2.50. The van der Waals surface area contributed by atoms with Crippen molar-refractivity contribution >= 4 is 7.82 Å². The molecule has 4 rings (SSSR count). The summed E-state index contributed by atoms with van der Waals surface area (Å²) in [5, 5.41) is 10.2. The van der Waals surface area contributed by atoms with Gasteiger partial charge in [0.25, 0.3) is 0 Å². The second-order valence-electron chi connectivity index (χ2n) is 12.7. The van der Waals surface area contributed by atoms with E-state index in [1.165, 1.54) is 57.8 Å². The smallest absolute Gasteiger partial charge is 0.393 e. The van der Waals surface area contributed by atoms with Crippen molar-refractivity contribution in [2.24, 2.45) is 46.3 Å². The maximum absolute atomic E-state index is 10.2. The zero-order valence-electron chi connectivity index (χ0n) is 21.5. The Morgan fingerprint density at radius 3 is 2.30 bits per heavy atom. The van der Waals surface area contributed by atoms with Crippen molar-refractivity contribution in [1.82, 2.24) is 0 Å². The number of fused-ring (bicyclic) bond motifs is 5. The lowest BCUT2D eigenvalue weighted by Gasteiger charge is -2.58. The molecule has 0 aromatic carbocycles. The van der Waals surface area contributed by atoms with Gasteiger partial charge < -0.3 is 19.8 Å². The molecule has 4 N–H and O–H groups in total. The van der Waals surface area contributed by atoms with Crippen LogP contribution in [0.5, 0.6) is 0 Å². The standard InChI is InChI=1S/C27H46O.H3O4P/c1-18(2)7-6-8-19(3)23-11-12-24-22-10-9-20-17-21(28)13-15-26(20,4)25(22)14-16-27(23,24)5;1-5(2,3)4/h9,18-19,21-25,28H,6-8,10-17H2,1-5H3;(H3,1,2,3,4)/t19?,21-,22-,23+,24-,25-,26-,27+;/m0./s1. The van der Waals surface area contributed by atoms with Gasteiger partial charge in [-0.25, -0.2) is 4.57 Å². The Bertz CT molecular complexity index is 737. The van der Waals surface area contributed by atoms with Crippen molar-refractivity contribution in [1.29, 1.82) is 0 Å². The van der Waals surface area contributed by atoms with Gasteiger partial charge in [-0.3, -0.25) is 0 Å². The molecule has 0 aromatic rings. The van der Waals surface area contributed by atoms with Gasteiger partial charge in [0.2, 0.25) is 0 Å². The highest BCUT2D eigenvalue weighted by Gasteiger charge is 2.59. The molecule has 8 atom stereocenters. The highest BCUT2D eigenvalue weighted by Crippen LogP contribution is 2.67. The average molecular weight is 485 g/mol. The van der Waals surface area contributed by atoms with Crippen LogP contribution in [0.4, 0.5) is 0 Å². The largest absolute Gasteiger partial charge is 0.466 e. The first-order valence-electron chi connectivity index (χ1n) is 13.4. The van der Waals surface area contributed by atoms with Crippen molar-refractivity contribution in [2.75, 3.05) is 0 Å². The molecule has 0 radical (unpaired) electrons. The predicted octanol–water partition coefficient (Wildman–Crippen LogP) is 6.46. The van der Waals surface area contributed by atoms with E-state index in [1.54, 1.807) is 5.57 Å². The van der Waals surface area contributed by atoms with E-state index in [1.807, 2.05) is 0 Å². The van der Waals surface area contributed by atoms with Gasteiger partial charge >= 0.3 is 7.82 Å². The van der Waals surface area contributed by atoms with E-state index in [0.717, 1.165) is 48.3 Å². The van der Waals surface area contributed by atoms with Crippen LogP contribution in [0.3, 0.4) is 0 Å². The molecule has 1 unspecified atom stereocenters. The van der Waals surface area contributed by atoms with Gasteiger partial charge in [-0.2, -0.15) is 0 Å². The predicted molar refractivity (Wildman–Crippen MR) is 133 cm³/mol. The molecule has 0 bridgehead atoms. The molecule has 3 saturated carbocycles. The molecule has 0 heterocycles. The van der Waals surface area contributed by atoms with Crippen molar-refractivity contribution in [3.63, 3.8) is 0 Å². The Balaban J connectivity index is 0.000000555. The molecule has 33 heavy (non-hydrogen) atoms. The molecule has 192 valence electrons. The Morgan fingerprint density at radius 2 is 1.67 bits per heavy atom. The number of rotatable bonds is 5. The van der Waals surface area contributed by atoms with Crippen molar-refractivity contribution in [3.8, 4) is 0 Å². The summed E-state index contributed by atoms with van der Waals surface area (Å²) < 4.78 is 8.88. The summed E-state index contributed by atoms with van der Waals surface area (Å²) in [5.41, 5.74) is 2.60. The molecule has 0 spiro atoms. The zero-order chi connectivity index (χ0) is 24.6. The zero-order valence-corrected chi connectivity index (χ0v) is 22.4. The van der Waals surface area contributed by atoms with Crippen LogP contribution in [-0.4, -0.2) is 25.9 Å². The van der Waals surface area contributed by atoms with Crippen LogP contribution in [0.25, 0.3) is 0 Å². The number of aliphatic hydroxyl groups is 1. The fourth-order valence-electron chi connectivity index (χ4n) is 8.67. The Kier molecular flexibility index (Phi) is 8.66. The van der Waals surface area contributed by atoms with Crippen molar-refractivity contribution < 1.29 is 24.4 Å². The summed E-state index contributed by atoms with van der Waals surface area (Å²) in [5.74, 6) is 5.46. The van der Waals surface area contributed by atoms with Crippen LogP contribution < -0.4 is 0 Å². The average Bonchev–Trinajstić information content (AvgIpc) is 3.04. The Morgan fingerprint density at radius 1 is 1.00 bits per heavy atom. The van der Waals surface area contributed by atoms with Crippen molar-refractivity contribution in [3.05, 3.63) is 11.6 Å². The van der Waals surface area contributed by atoms with E-state index < -0.39 is 7.82 Å². The van der Waals surface area contributed by atoms with Gasteiger partial charge in [0.15, 0.2) is 0 Å². The minimum Gasteiger partial charge on any atom is -0.393 e. The first-order valence-corrected chi connectivity index (χ1v) is 15.0. The van der Waals surface area contributed by atoms with Crippen LogP contribution in [0.1, 0.15) is 105 Å². The molecule has 6 heteroatoms. The fraction of sp³-hybridized carbons (Fsp3) is 0.926. The topological polar surface area (TPSA) is 98.0 Å². The Hall–Kier alpha value is -0.190. The SMILES string of the molecule is CC(C)CCCC(C)[C@H]1CC[C@H]2[C@@H]3CC=C4C[C@@H](O)CC[C@]4(C)[C@H]3CC[C@]12C.O=P(O)(O)O. The van der Waals surface area contributed by atoms with Crippen LogP contribution in [0.15, 0.2) is 11.6 Å². The van der Waals surface area contributed by atoms with E-state index in [0.29, 0.717) is 10.8 Å². The van der Waals surface area contributed by atoms with Gasteiger partial charge in [-0.1, -0.05) is 65.5 Å². The molecule has 0 aliphatic heterocycles. The summed E-state index contributed by atoms with van der Waals surface area (Å²) in [6, 6.07) is 0. The van der Waals surface area contributed by atoms with E-state index in [-0.39, 0.29) is 6.10 Å². The monoisotopic (exact) mass is 484 g/mol. The van der Waals surface area contributed by atoms with Crippen molar-refractivity contribution in [2.45, 2.75) is 111 Å². The third kappa shape index (κ3) is 6.15. The maximum atomic E-state index is 10.2. The fourth-order valence-corrected chi connectivity index (χ4v) is 8.67. The first-order chi connectivity index (χ1) is 15.3. The molecule has 0 aromatic heterocycles. The van der Waals surface area contributed by atoms with Crippen LogP contribution in [-0.2, 0) is 4.57 Å². The normalized spacial score (nSPS) is 41.3. The van der Waals surface area contributed by atoms with E-state index in [2.05, 4.69) is 40.7 Å². The third-order valence-corrected chi connectivity index (χ3v) is 10.3. The lowest BCUT2D eigenvalue weighted by molar-refractivity contribution is -0.0573. The third-order valence-electron chi connectivity index (χ3n) is 10.3. The number of allylic oxidation sites excluding steroid dienone is 1. The molecule has 5 nitrogen and oxygen atoms in total. The number of hydrogen-bond acceptors (Lipinski definition) is 2. The van der Waals surface area contributed by atoms with Gasteiger partial charge in [0.1, 0.15) is 0 Å². The van der Waals surface area contributed by atoms with E-state index in [4.69, 9.17) is 19.2 Å². The quantitative estimate of drug-likeness (QED) is 0.265. The number of phosphoric acid groups is 1. The second-order valence-corrected chi connectivity index (χ2v) is 13.7. The Labute approximate surface area is 201 Å². The summed E-state index contributed by atoms with van der Waals surface area (Å²) in [6.07, 6.45) is 17.2. The maximum Gasteiger partial charge on any atom is 0.466 e. The van der Waals surface area contributed by atoms with Gasteiger partial charge in [0.05, 0.1) is 6.10 Å². The molecule has 3 fully saturated rings. The summed E-state index contributed by atoms with van der Waals surface area (Å²) in [7, 11) is -4.64. The highest BCUT2D eigenvalue weighted by molar-refractivity contribution is 7.45. The number of aliphatic hydroxyl groups excluding tert-OH is 1. The van der Waals surface area contributed by atoms with Gasteiger partial charge in [0, 0.05) is 0 Å².